The van der Waals surface area contributed by atoms with Gasteiger partial charge in [-0.1, -0.05) is 12.1 Å². The van der Waals surface area contributed by atoms with Crippen molar-refractivity contribution in [1.29, 1.82) is 0 Å². The van der Waals surface area contributed by atoms with Crippen molar-refractivity contribution in [2.45, 2.75) is 75.4 Å². The summed E-state index contributed by atoms with van der Waals surface area (Å²) < 4.78 is 110. The number of Topliss-reactive ketones (excluding diaryl/α,β-unsaturated/α-hetero) is 1. The third kappa shape index (κ3) is 5.60. The molecule has 5 rings (SSSR count). The molecule has 5 atom stereocenters. The molecule has 49 heavy (non-hydrogen) atoms. The molecule has 1 aliphatic heterocycles. The Morgan fingerprint density at radius 1 is 0.980 bits per heavy atom. The first kappa shape index (κ1) is 35.7. The molecule has 1 fully saturated rings. The van der Waals surface area contributed by atoms with Gasteiger partial charge in [-0.3, -0.25) is 19.2 Å². The van der Waals surface area contributed by atoms with E-state index >= 15 is 0 Å². The molecule has 0 spiro atoms. The van der Waals surface area contributed by atoms with Crippen LogP contribution in [0.4, 0.5) is 30.7 Å². The van der Waals surface area contributed by atoms with Crippen molar-refractivity contribution in [3.8, 4) is 17.2 Å². The van der Waals surface area contributed by atoms with Gasteiger partial charge in [0, 0.05) is 29.5 Å². The van der Waals surface area contributed by atoms with Gasteiger partial charge in [-0.05, 0) is 31.6 Å². The van der Waals surface area contributed by atoms with E-state index < -0.39 is 101 Å². The van der Waals surface area contributed by atoms with Crippen LogP contribution in [0.5, 0.6) is 17.2 Å². The van der Waals surface area contributed by atoms with Gasteiger partial charge in [-0.2, -0.15) is 30.7 Å². The number of methoxy groups -OCH3 is 1. The molecule has 0 bridgehead atoms. The summed E-state index contributed by atoms with van der Waals surface area (Å²) in [6, 6.07) is 2.14. The molecule has 0 saturated carbocycles. The van der Waals surface area contributed by atoms with Crippen molar-refractivity contribution in [2.75, 3.05) is 7.11 Å². The first-order valence-electron chi connectivity index (χ1n) is 14.4. The first-order valence-corrected chi connectivity index (χ1v) is 14.4. The molecule has 11 nitrogen and oxygen atoms in total. The summed E-state index contributed by atoms with van der Waals surface area (Å²) in [6.45, 7) is 2.27. The smallest absolute Gasteiger partial charge is 0.460 e. The number of amides is 1. The van der Waals surface area contributed by atoms with Crippen LogP contribution in [0, 0.1) is 0 Å². The zero-order valence-electron chi connectivity index (χ0n) is 25.5. The van der Waals surface area contributed by atoms with Gasteiger partial charge in [0.2, 0.25) is 5.78 Å². The van der Waals surface area contributed by atoms with Gasteiger partial charge in [0.15, 0.2) is 17.9 Å². The number of fused-ring (bicyclic) bond motifs is 3. The average Bonchev–Trinajstić information content (AvgIpc) is 3.02. The number of hydrogen-bond donors (Lipinski definition) is 4. The lowest BCUT2D eigenvalue weighted by Crippen LogP contribution is -2.63. The van der Waals surface area contributed by atoms with Crippen LogP contribution in [-0.2, 0) is 19.1 Å². The molecule has 4 N–H and O–H groups in total. The number of alkyl halides is 7. The minimum Gasteiger partial charge on any atom is -0.507 e. The van der Waals surface area contributed by atoms with Crippen molar-refractivity contribution in [3.05, 3.63) is 57.2 Å². The Morgan fingerprint density at radius 3 is 2.20 bits per heavy atom. The maximum Gasteiger partial charge on any atom is 0.460 e. The second-order valence-electron chi connectivity index (χ2n) is 11.6. The van der Waals surface area contributed by atoms with Gasteiger partial charge < -0.3 is 34.8 Å². The fraction of sp³-hybridized carbons (Fsp3) is 0.419. The number of halogens is 7. The van der Waals surface area contributed by atoms with Crippen LogP contribution in [0.2, 0.25) is 0 Å². The largest absolute Gasteiger partial charge is 0.507 e. The van der Waals surface area contributed by atoms with E-state index in [0.717, 1.165) is 19.9 Å². The van der Waals surface area contributed by atoms with Gasteiger partial charge in [0.05, 0.1) is 42.0 Å². The second-order valence-corrected chi connectivity index (χ2v) is 11.6. The quantitative estimate of drug-likeness (QED) is 0.207. The fourth-order valence-corrected chi connectivity index (χ4v) is 6.00. The van der Waals surface area contributed by atoms with Crippen molar-refractivity contribution >= 4 is 29.3 Å². The summed E-state index contributed by atoms with van der Waals surface area (Å²) in [6.07, 6.45) is -13.5. The Hall–Kier alpha value is -4.55. The fourth-order valence-electron chi connectivity index (χ4n) is 6.00. The zero-order valence-corrected chi connectivity index (χ0v) is 25.5. The number of rotatable bonds is 7. The lowest BCUT2D eigenvalue weighted by Gasteiger charge is -2.40. The van der Waals surface area contributed by atoms with E-state index in [1.807, 2.05) is 0 Å². The van der Waals surface area contributed by atoms with Crippen LogP contribution in [0.1, 0.15) is 75.8 Å². The van der Waals surface area contributed by atoms with Gasteiger partial charge in [0.1, 0.15) is 23.4 Å². The number of aliphatic hydroxyl groups is 1. The van der Waals surface area contributed by atoms with Gasteiger partial charge >= 0.3 is 18.0 Å². The lowest BCUT2D eigenvalue weighted by molar-refractivity contribution is -0.344. The minimum atomic E-state index is -6.80. The Bertz CT molecular complexity index is 1810. The van der Waals surface area contributed by atoms with Crippen LogP contribution < -0.4 is 10.1 Å². The number of aromatic hydroxyl groups is 2. The highest BCUT2D eigenvalue weighted by molar-refractivity contribution is 6.31. The summed E-state index contributed by atoms with van der Waals surface area (Å²) in [5.41, 5.74) is -2.29. The molecule has 3 aliphatic rings. The third-order valence-electron chi connectivity index (χ3n) is 8.57. The predicted molar refractivity (Wildman–Crippen MR) is 150 cm³/mol. The van der Waals surface area contributed by atoms with Crippen LogP contribution in [0.3, 0.4) is 0 Å². The van der Waals surface area contributed by atoms with Gasteiger partial charge in [-0.25, -0.2) is 0 Å². The SMILES string of the molecule is COc1cccc2c1C(=O)c1c(O)c3c(c(O)c1C2=O)C=C(C(C)=O)C[C@@H]3OC1CC(NC(=O)C(F)(F)C(F)(F)C(F)(F)F)C(O)C(C)O1. The number of carbonyl (C=O) groups is 4. The van der Waals surface area contributed by atoms with E-state index in [1.54, 1.807) is 0 Å². The number of aliphatic hydroxyl groups excluding tert-OH is 1. The van der Waals surface area contributed by atoms with Crippen molar-refractivity contribution in [2.24, 2.45) is 0 Å². The molecule has 2 aliphatic carbocycles. The highest BCUT2D eigenvalue weighted by atomic mass is 19.4. The number of benzene rings is 2. The molecule has 2 aromatic rings. The number of ketones is 3. The standard InChI is InChI=1S/C31H26F7NO10/c1-10(40)12-7-14-20(27(45)22-21(25(14)43)24(42)13-5-4-6-16(47-3)19(13)26(22)44)17(8-12)49-18-9-15(23(41)11(2)48-18)39-28(46)29(32,33)30(34,35)31(36,37)38/h4-7,11,15,17-18,23,41,43,45H,8-9H2,1-3H3,(H,39,46)/t11?,15?,17-,18?,23?/m0/s1. The van der Waals surface area contributed by atoms with Crippen LogP contribution in [-0.4, -0.2) is 88.2 Å². The van der Waals surface area contributed by atoms with Crippen LogP contribution in [0.15, 0.2) is 23.8 Å². The third-order valence-corrected chi connectivity index (χ3v) is 8.57. The summed E-state index contributed by atoms with van der Waals surface area (Å²) in [5, 5.41) is 34.6. The molecule has 1 heterocycles. The first-order chi connectivity index (χ1) is 22.6. The molecular formula is C31H26F7NO10. The second kappa shape index (κ2) is 12.1. The summed E-state index contributed by atoms with van der Waals surface area (Å²) in [5.74, 6) is -20.2. The van der Waals surface area contributed by atoms with Gasteiger partial charge in [-0.15, -0.1) is 0 Å². The summed E-state index contributed by atoms with van der Waals surface area (Å²) >= 11 is 0. The molecule has 1 saturated heterocycles. The lowest BCUT2D eigenvalue weighted by atomic mass is 9.77. The molecule has 0 radical (unpaired) electrons. The van der Waals surface area contributed by atoms with Crippen molar-refractivity contribution in [1.82, 2.24) is 5.32 Å². The predicted octanol–water partition coefficient (Wildman–Crippen LogP) is 4.13. The number of ether oxygens (including phenoxy) is 3. The Morgan fingerprint density at radius 2 is 1.61 bits per heavy atom. The van der Waals surface area contributed by atoms with E-state index in [0.29, 0.717) is 0 Å². The maximum absolute atomic E-state index is 14.1. The number of phenols is 2. The topological polar surface area (TPSA) is 169 Å². The summed E-state index contributed by atoms with van der Waals surface area (Å²) in [7, 11) is 1.23. The Kier molecular flexibility index (Phi) is 8.83. The number of carbonyl (C=O) groups excluding carboxylic acids is 4. The van der Waals surface area contributed by atoms with Crippen LogP contribution in [0.25, 0.3) is 6.08 Å². The normalized spacial score (nSPS) is 24.0. The molecule has 18 heteroatoms. The van der Waals surface area contributed by atoms with E-state index in [-0.39, 0.29) is 40.0 Å². The van der Waals surface area contributed by atoms with E-state index in [4.69, 9.17) is 14.2 Å². The molecular weight excluding hydrogens is 679 g/mol. The number of phenolic OH excluding ortho intramolecular Hbond substituents is 2. The average molecular weight is 706 g/mol. The highest BCUT2D eigenvalue weighted by Gasteiger charge is 2.76. The Balaban J connectivity index is 1.52. The highest BCUT2D eigenvalue weighted by Crippen LogP contribution is 2.52. The number of hydrogen-bond acceptors (Lipinski definition) is 10. The molecule has 264 valence electrons. The van der Waals surface area contributed by atoms with Crippen LogP contribution >= 0.6 is 0 Å². The molecule has 0 aromatic heterocycles. The maximum atomic E-state index is 14.1. The summed E-state index contributed by atoms with van der Waals surface area (Å²) in [4.78, 5) is 51.8. The van der Waals surface area contributed by atoms with Crippen molar-refractivity contribution < 1.29 is 79.4 Å². The van der Waals surface area contributed by atoms with E-state index in [9.17, 15) is 65.2 Å². The van der Waals surface area contributed by atoms with Crippen molar-refractivity contribution in [3.63, 3.8) is 0 Å². The van der Waals surface area contributed by atoms with E-state index in [1.165, 1.54) is 30.6 Å². The molecule has 4 unspecified atom stereocenters. The van der Waals surface area contributed by atoms with E-state index in [2.05, 4.69) is 0 Å². The number of nitrogens with one attached hydrogen (secondary N) is 1. The molecule has 1 amide bonds. The van der Waals surface area contributed by atoms with Gasteiger partial charge in [0.25, 0.3) is 5.91 Å². The Labute approximate surface area is 271 Å². The minimum absolute atomic E-state index is 0.0283. The monoisotopic (exact) mass is 705 g/mol. The molecule has 2 aromatic carbocycles. The zero-order chi connectivity index (χ0) is 36.5.